The smallest absolute Gasteiger partial charge is 0.154 e. The van der Waals surface area contributed by atoms with Gasteiger partial charge in [-0.1, -0.05) is 6.07 Å². The monoisotopic (exact) mass is 261 g/mol. The molecule has 0 aromatic carbocycles. The van der Waals surface area contributed by atoms with Crippen LogP contribution in [0.25, 0.3) is 21.0 Å². The molecule has 5 heteroatoms. The van der Waals surface area contributed by atoms with E-state index in [-0.39, 0.29) is 0 Å². The second-order valence-electron chi connectivity index (χ2n) is 3.77. The SMILES string of the molecule is Cc1ccsc1-c1[nH]nc(N)c1-c1cccs1. The van der Waals surface area contributed by atoms with Gasteiger partial charge in [0.05, 0.1) is 16.1 Å². The van der Waals surface area contributed by atoms with Crippen LogP contribution in [-0.2, 0) is 0 Å². The molecule has 0 aliphatic rings. The zero-order valence-electron chi connectivity index (χ0n) is 9.23. The number of nitrogen functional groups attached to an aromatic ring is 1. The maximum absolute atomic E-state index is 5.96. The van der Waals surface area contributed by atoms with Crippen molar-refractivity contribution in [3.8, 4) is 21.0 Å². The molecule has 0 saturated heterocycles. The van der Waals surface area contributed by atoms with E-state index < -0.39 is 0 Å². The Balaban J connectivity index is 2.23. The fraction of sp³-hybridized carbons (Fsp3) is 0.0833. The lowest BCUT2D eigenvalue weighted by Gasteiger charge is -2.00. The number of anilines is 1. The Hall–Kier alpha value is -1.59. The quantitative estimate of drug-likeness (QED) is 0.738. The maximum Gasteiger partial charge on any atom is 0.154 e. The van der Waals surface area contributed by atoms with Crippen molar-refractivity contribution in [1.82, 2.24) is 10.2 Å². The van der Waals surface area contributed by atoms with E-state index in [0.717, 1.165) is 16.1 Å². The van der Waals surface area contributed by atoms with Gasteiger partial charge in [-0.2, -0.15) is 5.10 Å². The normalized spacial score (nSPS) is 10.9. The van der Waals surface area contributed by atoms with E-state index in [9.17, 15) is 0 Å². The van der Waals surface area contributed by atoms with Crippen molar-refractivity contribution >= 4 is 28.5 Å². The zero-order valence-corrected chi connectivity index (χ0v) is 10.9. The van der Waals surface area contributed by atoms with Gasteiger partial charge in [-0.3, -0.25) is 5.10 Å². The molecule has 3 N–H and O–H groups in total. The lowest BCUT2D eigenvalue weighted by atomic mass is 10.1. The predicted octanol–water partition coefficient (Wildman–Crippen LogP) is 3.76. The van der Waals surface area contributed by atoms with Gasteiger partial charge in [-0.15, -0.1) is 22.7 Å². The molecule has 3 aromatic rings. The van der Waals surface area contributed by atoms with Crippen LogP contribution in [-0.4, -0.2) is 10.2 Å². The van der Waals surface area contributed by atoms with Crippen LogP contribution in [0, 0.1) is 6.92 Å². The minimum Gasteiger partial charge on any atom is -0.382 e. The first-order chi connectivity index (χ1) is 8.27. The van der Waals surface area contributed by atoms with Gasteiger partial charge in [-0.05, 0) is 35.4 Å². The third-order valence-corrected chi connectivity index (χ3v) is 4.57. The summed E-state index contributed by atoms with van der Waals surface area (Å²) in [4.78, 5) is 2.36. The summed E-state index contributed by atoms with van der Waals surface area (Å²) in [5, 5.41) is 11.3. The molecule has 17 heavy (non-hydrogen) atoms. The average Bonchev–Trinajstić information content (AvgIpc) is 2.98. The van der Waals surface area contributed by atoms with Crippen LogP contribution in [0.3, 0.4) is 0 Å². The highest BCUT2D eigenvalue weighted by Gasteiger charge is 2.17. The van der Waals surface area contributed by atoms with Crippen molar-refractivity contribution in [1.29, 1.82) is 0 Å². The zero-order chi connectivity index (χ0) is 11.8. The van der Waals surface area contributed by atoms with Crippen LogP contribution in [0.5, 0.6) is 0 Å². The highest BCUT2D eigenvalue weighted by molar-refractivity contribution is 7.14. The van der Waals surface area contributed by atoms with Gasteiger partial charge in [0, 0.05) is 4.88 Å². The molecular formula is C12H11N3S2. The largest absolute Gasteiger partial charge is 0.382 e. The second-order valence-corrected chi connectivity index (χ2v) is 5.63. The predicted molar refractivity (Wildman–Crippen MR) is 74.4 cm³/mol. The lowest BCUT2D eigenvalue weighted by Crippen LogP contribution is -1.86. The van der Waals surface area contributed by atoms with E-state index in [2.05, 4.69) is 34.6 Å². The summed E-state index contributed by atoms with van der Waals surface area (Å²) >= 11 is 3.38. The number of rotatable bonds is 2. The van der Waals surface area contributed by atoms with Gasteiger partial charge >= 0.3 is 0 Å². The number of thiophene rings is 2. The third kappa shape index (κ3) is 1.67. The molecule has 0 aliphatic heterocycles. The molecular weight excluding hydrogens is 250 g/mol. The highest BCUT2D eigenvalue weighted by Crippen LogP contribution is 2.40. The molecule has 0 spiro atoms. The number of hydrogen-bond acceptors (Lipinski definition) is 4. The van der Waals surface area contributed by atoms with Gasteiger partial charge in [0.2, 0.25) is 0 Å². The topological polar surface area (TPSA) is 54.7 Å². The fourth-order valence-corrected chi connectivity index (χ4v) is 3.53. The molecule has 86 valence electrons. The average molecular weight is 261 g/mol. The van der Waals surface area contributed by atoms with Gasteiger partial charge in [0.1, 0.15) is 0 Å². The van der Waals surface area contributed by atoms with Crippen LogP contribution in [0.15, 0.2) is 29.0 Å². The molecule has 0 saturated carbocycles. The third-order valence-electron chi connectivity index (χ3n) is 2.65. The number of aryl methyl sites for hydroxylation is 1. The van der Waals surface area contributed by atoms with E-state index in [1.165, 1.54) is 10.4 Å². The molecule has 3 heterocycles. The summed E-state index contributed by atoms with van der Waals surface area (Å²) in [6.07, 6.45) is 0. The van der Waals surface area contributed by atoms with Crippen LogP contribution >= 0.6 is 22.7 Å². The summed E-state index contributed by atoms with van der Waals surface area (Å²) in [6, 6.07) is 6.20. The molecule has 3 aromatic heterocycles. The van der Waals surface area contributed by atoms with E-state index in [1.807, 2.05) is 11.4 Å². The highest BCUT2D eigenvalue weighted by atomic mass is 32.1. The Morgan fingerprint density at radius 2 is 2.12 bits per heavy atom. The first-order valence-electron chi connectivity index (χ1n) is 5.19. The minimum absolute atomic E-state index is 0.565. The number of hydrogen-bond donors (Lipinski definition) is 2. The number of H-pyrrole nitrogens is 1. The van der Waals surface area contributed by atoms with Crippen LogP contribution in [0.2, 0.25) is 0 Å². The Labute approximate surface area is 107 Å². The second kappa shape index (κ2) is 4.01. The summed E-state index contributed by atoms with van der Waals surface area (Å²) in [5.74, 6) is 0.565. The van der Waals surface area contributed by atoms with Crippen molar-refractivity contribution < 1.29 is 0 Å². The van der Waals surface area contributed by atoms with Gasteiger partial charge in [0.15, 0.2) is 5.82 Å². The van der Waals surface area contributed by atoms with Crippen molar-refractivity contribution in [3.05, 3.63) is 34.5 Å². The van der Waals surface area contributed by atoms with Crippen LogP contribution in [0.1, 0.15) is 5.56 Å². The van der Waals surface area contributed by atoms with E-state index in [1.54, 1.807) is 22.7 Å². The Morgan fingerprint density at radius 1 is 1.24 bits per heavy atom. The minimum atomic E-state index is 0.565. The van der Waals surface area contributed by atoms with Gasteiger partial charge in [0.25, 0.3) is 0 Å². The number of aromatic amines is 1. The Kier molecular flexibility index (Phi) is 2.49. The molecule has 3 rings (SSSR count). The number of nitrogens with one attached hydrogen (secondary N) is 1. The summed E-state index contributed by atoms with van der Waals surface area (Å²) < 4.78 is 0. The molecule has 0 radical (unpaired) electrons. The van der Waals surface area contributed by atoms with E-state index in [4.69, 9.17) is 5.73 Å². The van der Waals surface area contributed by atoms with Gasteiger partial charge < -0.3 is 5.73 Å². The number of aromatic nitrogens is 2. The number of nitrogens with two attached hydrogens (primary N) is 1. The summed E-state index contributed by atoms with van der Waals surface area (Å²) in [5.41, 5.74) is 9.25. The van der Waals surface area contributed by atoms with Crippen molar-refractivity contribution in [3.63, 3.8) is 0 Å². The Morgan fingerprint density at radius 3 is 2.76 bits per heavy atom. The standard InChI is InChI=1S/C12H11N3S2/c1-7-4-6-17-11(7)10-9(12(13)15-14-10)8-3-2-5-16-8/h2-6H,1H3,(H3,13,14,15). The summed E-state index contributed by atoms with van der Waals surface area (Å²) in [6.45, 7) is 2.10. The molecule has 3 nitrogen and oxygen atoms in total. The first kappa shape index (κ1) is 10.6. The summed E-state index contributed by atoms with van der Waals surface area (Å²) in [7, 11) is 0. The van der Waals surface area contributed by atoms with Crippen LogP contribution < -0.4 is 5.73 Å². The van der Waals surface area contributed by atoms with E-state index >= 15 is 0 Å². The van der Waals surface area contributed by atoms with Crippen molar-refractivity contribution in [2.24, 2.45) is 0 Å². The molecule has 0 atom stereocenters. The molecule has 0 amide bonds. The van der Waals surface area contributed by atoms with Crippen LogP contribution in [0.4, 0.5) is 5.82 Å². The van der Waals surface area contributed by atoms with E-state index in [0.29, 0.717) is 5.82 Å². The number of nitrogens with zero attached hydrogens (tertiary/aromatic N) is 1. The molecule has 0 bridgehead atoms. The Bertz CT molecular complexity index is 635. The molecule has 0 unspecified atom stereocenters. The fourth-order valence-electron chi connectivity index (χ4n) is 1.82. The van der Waals surface area contributed by atoms with Crippen molar-refractivity contribution in [2.75, 3.05) is 5.73 Å². The van der Waals surface area contributed by atoms with Crippen molar-refractivity contribution in [2.45, 2.75) is 6.92 Å². The molecule has 0 aliphatic carbocycles. The molecule has 0 fully saturated rings. The maximum atomic E-state index is 5.96. The van der Waals surface area contributed by atoms with Gasteiger partial charge in [-0.25, -0.2) is 0 Å². The first-order valence-corrected chi connectivity index (χ1v) is 6.95. The lowest BCUT2D eigenvalue weighted by molar-refractivity contribution is 1.10.